The lowest BCUT2D eigenvalue weighted by Crippen LogP contribution is -2.50. The standard InChI is InChI=1S/C22H27N5O3/c1-12-6-7-14(8-12)24-22(30)18-10-13-9-17(13)27(18)19(28)11-26-16-5-3-2-4-15(16)20(25-26)21(23)29/h2-5,12-14,17-18H,6-11H2,1H3,(H2,23,29)(H,24,30)/t12-,13+,14-,17+,18-/m0/s1. The Morgan fingerprint density at radius 3 is 2.70 bits per heavy atom. The second kappa shape index (κ2) is 7.11. The summed E-state index contributed by atoms with van der Waals surface area (Å²) in [7, 11) is 0. The molecule has 2 saturated carbocycles. The number of likely N-dealkylation sites (tertiary alicyclic amines) is 1. The van der Waals surface area contributed by atoms with E-state index in [1.54, 1.807) is 11.0 Å². The summed E-state index contributed by atoms with van der Waals surface area (Å²) < 4.78 is 1.53. The van der Waals surface area contributed by atoms with Crippen LogP contribution in [0.15, 0.2) is 24.3 Å². The fourth-order valence-corrected chi connectivity index (χ4v) is 5.32. The highest BCUT2D eigenvalue weighted by atomic mass is 16.2. The lowest BCUT2D eigenvalue weighted by molar-refractivity contribution is -0.140. The number of hydrogen-bond acceptors (Lipinski definition) is 4. The maximum absolute atomic E-state index is 13.2. The Hall–Kier alpha value is -2.90. The third-order valence-corrected chi connectivity index (χ3v) is 6.91. The van der Waals surface area contributed by atoms with Crippen molar-refractivity contribution in [3.63, 3.8) is 0 Å². The average Bonchev–Trinajstić information content (AvgIpc) is 3.03. The number of piperidine rings is 1. The molecular formula is C22H27N5O3. The van der Waals surface area contributed by atoms with E-state index in [1.165, 1.54) is 4.68 Å². The van der Waals surface area contributed by atoms with Gasteiger partial charge in [0.2, 0.25) is 11.8 Å². The topological polar surface area (TPSA) is 110 Å². The summed E-state index contributed by atoms with van der Waals surface area (Å²) in [5, 5.41) is 8.10. The highest BCUT2D eigenvalue weighted by molar-refractivity contribution is 6.04. The lowest BCUT2D eigenvalue weighted by Gasteiger charge is -2.28. The van der Waals surface area contributed by atoms with Crippen molar-refractivity contribution in [1.82, 2.24) is 20.0 Å². The highest BCUT2D eigenvalue weighted by Gasteiger charge is 2.56. The number of amides is 3. The maximum Gasteiger partial charge on any atom is 0.269 e. The van der Waals surface area contributed by atoms with Crippen molar-refractivity contribution in [2.45, 2.75) is 63.7 Å². The van der Waals surface area contributed by atoms with Gasteiger partial charge in [-0.25, -0.2) is 0 Å². The Bertz CT molecular complexity index is 1030. The predicted octanol–water partition coefficient (Wildman–Crippen LogP) is 1.43. The Balaban J connectivity index is 1.35. The van der Waals surface area contributed by atoms with E-state index in [0.717, 1.165) is 32.1 Å². The van der Waals surface area contributed by atoms with Crippen LogP contribution in [0.25, 0.3) is 10.9 Å². The van der Waals surface area contributed by atoms with Crippen LogP contribution in [-0.2, 0) is 16.1 Å². The van der Waals surface area contributed by atoms with Crippen molar-refractivity contribution in [2.24, 2.45) is 17.6 Å². The van der Waals surface area contributed by atoms with Crippen LogP contribution in [0.3, 0.4) is 0 Å². The molecule has 0 bridgehead atoms. The molecule has 1 aromatic carbocycles. The van der Waals surface area contributed by atoms with Gasteiger partial charge < -0.3 is 16.0 Å². The Kier molecular flexibility index (Phi) is 4.52. The molecule has 1 aliphatic heterocycles. The molecule has 158 valence electrons. The van der Waals surface area contributed by atoms with E-state index < -0.39 is 11.9 Å². The molecule has 2 aliphatic carbocycles. The van der Waals surface area contributed by atoms with Crippen molar-refractivity contribution in [3.05, 3.63) is 30.0 Å². The number of fused-ring (bicyclic) bond motifs is 2. The molecule has 8 nitrogen and oxygen atoms in total. The lowest BCUT2D eigenvalue weighted by atomic mass is 10.1. The van der Waals surface area contributed by atoms with Crippen LogP contribution in [0.2, 0.25) is 0 Å². The second-order valence-electron chi connectivity index (χ2n) is 9.13. The number of carbonyl (C=O) groups is 3. The van der Waals surface area contributed by atoms with Crippen molar-refractivity contribution in [1.29, 1.82) is 0 Å². The van der Waals surface area contributed by atoms with E-state index in [2.05, 4.69) is 17.3 Å². The molecule has 3 fully saturated rings. The molecule has 1 saturated heterocycles. The molecule has 3 amide bonds. The molecule has 8 heteroatoms. The summed E-state index contributed by atoms with van der Waals surface area (Å²) in [6.45, 7) is 2.20. The molecule has 3 aliphatic rings. The molecule has 2 aromatic rings. The Morgan fingerprint density at radius 2 is 1.97 bits per heavy atom. The molecule has 3 N–H and O–H groups in total. The van der Waals surface area contributed by atoms with Gasteiger partial charge in [0.25, 0.3) is 5.91 Å². The third kappa shape index (κ3) is 3.24. The van der Waals surface area contributed by atoms with E-state index in [-0.39, 0.29) is 36.1 Å². The molecule has 0 spiro atoms. The van der Waals surface area contributed by atoms with Crippen LogP contribution in [-0.4, -0.2) is 50.5 Å². The van der Waals surface area contributed by atoms with E-state index in [1.807, 2.05) is 18.2 Å². The molecular weight excluding hydrogens is 382 g/mol. The van der Waals surface area contributed by atoms with Gasteiger partial charge in [-0.05, 0) is 50.0 Å². The Morgan fingerprint density at radius 1 is 1.17 bits per heavy atom. The number of primary amides is 1. The largest absolute Gasteiger partial charge is 0.364 e. The predicted molar refractivity (Wildman–Crippen MR) is 110 cm³/mol. The minimum atomic E-state index is -0.621. The van der Waals surface area contributed by atoms with Crippen molar-refractivity contribution < 1.29 is 14.4 Å². The number of hydrogen-bond donors (Lipinski definition) is 2. The van der Waals surface area contributed by atoms with Gasteiger partial charge in [-0.2, -0.15) is 5.10 Å². The number of benzene rings is 1. The minimum Gasteiger partial charge on any atom is -0.364 e. The van der Waals surface area contributed by atoms with E-state index in [9.17, 15) is 14.4 Å². The summed E-state index contributed by atoms with van der Waals surface area (Å²) in [6.07, 6.45) is 4.85. The number of nitrogens with two attached hydrogens (primary N) is 1. The SMILES string of the molecule is C[C@H]1CC[C@H](NC(=O)[C@@H]2C[C@H]3C[C@H]3N2C(=O)Cn2nc(C(N)=O)c3ccccc32)C1. The van der Waals surface area contributed by atoms with Crippen LogP contribution in [0.4, 0.5) is 0 Å². The van der Waals surface area contributed by atoms with Crippen LogP contribution < -0.4 is 11.1 Å². The summed E-state index contributed by atoms with van der Waals surface area (Å²) in [5.74, 6) is 0.270. The molecule has 30 heavy (non-hydrogen) atoms. The first kappa shape index (κ1) is 19.1. The third-order valence-electron chi connectivity index (χ3n) is 6.91. The number of nitrogens with zero attached hydrogens (tertiary/aromatic N) is 3. The van der Waals surface area contributed by atoms with Gasteiger partial charge in [0.15, 0.2) is 5.69 Å². The number of aromatic nitrogens is 2. The molecule has 5 atom stereocenters. The molecule has 0 radical (unpaired) electrons. The normalized spacial score (nSPS) is 29.8. The van der Waals surface area contributed by atoms with Gasteiger partial charge in [-0.15, -0.1) is 0 Å². The summed E-state index contributed by atoms with van der Waals surface area (Å²) in [6, 6.07) is 7.19. The van der Waals surface area contributed by atoms with Crippen LogP contribution >= 0.6 is 0 Å². The van der Waals surface area contributed by atoms with Crippen molar-refractivity contribution >= 4 is 28.6 Å². The fraction of sp³-hybridized carbons (Fsp3) is 0.545. The first-order valence-electron chi connectivity index (χ1n) is 10.8. The van der Waals surface area contributed by atoms with Crippen LogP contribution in [0.1, 0.15) is 49.5 Å². The smallest absolute Gasteiger partial charge is 0.269 e. The highest BCUT2D eigenvalue weighted by Crippen LogP contribution is 2.48. The van der Waals surface area contributed by atoms with Gasteiger partial charge in [-0.1, -0.05) is 25.1 Å². The van der Waals surface area contributed by atoms with Gasteiger partial charge >= 0.3 is 0 Å². The van der Waals surface area contributed by atoms with E-state index in [4.69, 9.17) is 5.73 Å². The number of nitrogens with one attached hydrogen (secondary N) is 1. The monoisotopic (exact) mass is 409 g/mol. The zero-order valence-electron chi connectivity index (χ0n) is 17.1. The number of para-hydroxylation sites is 1. The van der Waals surface area contributed by atoms with Gasteiger partial charge in [-0.3, -0.25) is 19.1 Å². The summed E-state index contributed by atoms with van der Waals surface area (Å²) >= 11 is 0. The first-order valence-corrected chi connectivity index (χ1v) is 10.8. The second-order valence-corrected chi connectivity index (χ2v) is 9.13. The number of rotatable bonds is 5. The fourth-order valence-electron chi connectivity index (χ4n) is 5.32. The van der Waals surface area contributed by atoms with E-state index >= 15 is 0 Å². The molecule has 5 rings (SSSR count). The zero-order chi connectivity index (χ0) is 21.0. The molecule has 1 aromatic heterocycles. The summed E-state index contributed by atoms with van der Waals surface area (Å²) in [5.41, 5.74) is 6.31. The molecule has 0 unspecified atom stereocenters. The Labute approximate surface area is 174 Å². The number of carbonyl (C=O) groups excluding carboxylic acids is 3. The van der Waals surface area contributed by atoms with E-state index in [0.29, 0.717) is 22.7 Å². The first-order chi connectivity index (χ1) is 14.4. The van der Waals surface area contributed by atoms with Crippen molar-refractivity contribution in [2.75, 3.05) is 0 Å². The van der Waals surface area contributed by atoms with Gasteiger partial charge in [0.1, 0.15) is 12.6 Å². The van der Waals surface area contributed by atoms with Crippen molar-refractivity contribution in [3.8, 4) is 0 Å². The molecule has 2 heterocycles. The van der Waals surface area contributed by atoms with Gasteiger partial charge in [0.05, 0.1) is 5.52 Å². The minimum absolute atomic E-state index is 0.0126. The van der Waals surface area contributed by atoms with Crippen LogP contribution in [0.5, 0.6) is 0 Å². The maximum atomic E-state index is 13.2. The zero-order valence-corrected chi connectivity index (χ0v) is 17.1. The summed E-state index contributed by atoms with van der Waals surface area (Å²) in [4.78, 5) is 39.7. The van der Waals surface area contributed by atoms with Gasteiger partial charge in [0, 0.05) is 17.5 Å². The van der Waals surface area contributed by atoms with Crippen LogP contribution in [0, 0.1) is 11.8 Å². The quantitative estimate of drug-likeness (QED) is 0.778. The average molecular weight is 409 g/mol.